The van der Waals surface area contributed by atoms with Crippen LogP contribution in [0, 0.1) is 0 Å². The molecule has 0 fully saturated rings. The van der Waals surface area contributed by atoms with Crippen LogP contribution in [0.3, 0.4) is 0 Å². The van der Waals surface area contributed by atoms with Gasteiger partial charge in [0.1, 0.15) is 5.56 Å². The third kappa shape index (κ3) is 1.54. The number of esters is 1. The molecule has 2 heterocycles. The molecular formula is C14H12N2O2. The van der Waals surface area contributed by atoms with Crippen LogP contribution in [0.2, 0.25) is 0 Å². The van der Waals surface area contributed by atoms with Gasteiger partial charge in [0.25, 0.3) is 0 Å². The topological polar surface area (TPSA) is 43.6 Å². The molecule has 0 aliphatic rings. The molecule has 3 rings (SSSR count). The van der Waals surface area contributed by atoms with Gasteiger partial charge in [0.2, 0.25) is 0 Å². The smallest absolute Gasteiger partial charge is 0.341 e. The van der Waals surface area contributed by atoms with Crippen molar-refractivity contribution in [2.24, 2.45) is 0 Å². The van der Waals surface area contributed by atoms with Crippen LogP contribution in [-0.2, 0) is 4.74 Å². The standard InChI is InChI=1S/C14H12N2O2/c1-2-18-14(17)11-9-15-16-12-7-5-3-4-6-10(12)8-13(11)16/h3-9H,2H2,1H3. The van der Waals surface area contributed by atoms with E-state index in [1.54, 1.807) is 17.6 Å². The zero-order valence-electron chi connectivity index (χ0n) is 9.96. The van der Waals surface area contributed by atoms with Crippen LogP contribution >= 0.6 is 0 Å². The summed E-state index contributed by atoms with van der Waals surface area (Å²) in [6, 6.07) is 11.8. The summed E-state index contributed by atoms with van der Waals surface area (Å²) >= 11 is 0. The van der Waals surface area contributed by atoms with E-state index in [1.807, 2.05) is 36.4 Å². The first-order valence-electron chi connectivity index (χ1n) is 5.84. The molecule has 18 heavy (non-hydrogen) atoms. The van der Waals surface area contributed by atoms with Gasteiger partial charge < -0.3 is 4.74 Å². The van der Waals surface area contributed by atoms with E-state index in [1.165, 1.54) is 0 Å². The van der Waals surface area contributed by atoms with E-state index < -0.39 is 0 Å². The molecule has 0 unspecified atom stereocenters. The number of hydrogen-bond acceptors (Lipinski definition) is 3. The van der Waals surface area contributed by atoms with Gasteiger partial charge in [-0.2, -0.15) is 5.10 Å². The molecule has 4 nitrogen and oxygen atoms in total. The number of nitrogens with zero attached hydrogens (tertiary/aromatic N) is 2. The van der Waals surface area contributed by atoms with E-state index in [-0.39, 0.29) is 5.97 Å². The number of ether oxygens (including phenoxy) is 1. The van der Waals surface area contributed by atoms with Crippen molar-refractivity contribution in [1.82, 2.24) is 9.61 Å². The Kier molecular flexibility index (Phi) is 2.48. The van der Waals surface area contributed by atoms with Gasteiger partial charge in [-0.1, -0.05) is 24.3 Å². The molecule has 0 saturated heterocycles. The fraction of sp³-hybridized carbons (Fsp3) is 0.143. The van der Waals surface area contributed by atoms with E-state index in [0.29, 0.717) is 12.2 Å². The second kappa shape index (κ2) is 4.14. The molecule has 0 amide bonds. The lowest BCUT2D eigenvalue weighted by Crippen LogP contribution is -2.03. The van der Waals surface area contributed by atoms with Gasteiger partial charge in [-0.25, -0.2) is 9.31 Å². The minimum atomic E-state index is -0.327. The highest BCUT2D eigenvalue weighted by molar-refractivity contribution is 6.00. The van der Waals surface area contributed by atoms with Crippen LogP contribution < -0.4 is 0 Å². The number of aromatic nitrogens is 2. The van der Waals surface area contributed by atoms with Crippen LogP contribution in [0.5, 0.6) is 0 Å². The Hall–Kier alpha value is -2.36. The fourth-order valence-electron chi connectivity index (χ4n) is 2.07. The normalized spacial score (nSPS) is 10.9. The Morgan fingerprint density at radius 3 is 2.94 bits per heavy atom. The van der Waals surface area contributed by atoms with Crippen LogP contribution in [0.4, 0.5) is 0 Å². The molecule has 4 heteroatoms. The van der Waals surface area contributed by atoms with Gasteiger partial charge in [0.05, 0.1) is 23.8 Å². The molecule has 3 aromatic rings. The van der Waals surface area contributed by atoms with E-state index in [2.05, 4.69) is 5.10 Å². The van der Waals surface area contributed by atoms with E-state index in [0.717, 1.165) is 16.4 Å². The third-order valence-corrected chi connectivity index (χ3v) is 2.87. The van der Waals surface area contributed by atoms with Crippen LogP contribution in [0.25, 0.3) is 16.4 Å². The average Bonchev–Trinajstić information content (AvgIpc) is 2.81. The lowest BCUT2D eigenvalue weighted by Gasteiger charge is -1.97. The van der Waals surface area contributed by atoms with Gasteiger partial charge in [0, 0.05) is 5.39 Å². The van der Waals surface area contributed by atoms with Crippen molar-refractivity contribution in [1.29, 1.82) is 0 Å². The maximum absolute atomic E-state index is 11.8. The van der Waals surface area contributed by atoms with Gasteiger partial charge >= 0.3 is 5.97 Å². The molecule has 90 valence electrons. The van der Waals surface area contributed by atoms with Crippen LogP contribution in [-0.4, -0.2) is 22.2 Å². The number of carbonyl (C=O) groups is 1. The number of carbonyl (C=O) groups excluding carboxylic acids is 1. The zero-order valence-corrected chi connectivity index (χ0v) is 9.96. The summed E-state index contributed by atoms with van der Waals surface area (Å²) in [7, 11) is 0. The first-order chi connectivity index (χ1) is 8.81. The van der Waals surface area contributed by atoms with Crippen molar-refractivity contribution in [2.75, 3.05) is 6.61 Å². The van der Waals surface area contributed by atoms with Crippen molar-refractivity contribution in [3.8, 4) is 0 Å². The molecule has 0 aliphatic carbocycles. The molecule has 0 atom stereocenters. The summed E-state index contributed by atoms with van der Waals surface area (Å²) in [6.45, 7) is 2.16. The largest absolute Gasteiger partial charge is 0.462 e. The summed E-state index contributed by atoms with van der Waals surface area (Å²) in [4.78, 5) is 11.8. The Balaban J connectivity index is 2.27. The van der Waals surface area contributed by atoms with Crippen molar-refractivity contribution in [2.45, 2.75) is 6.92 Å². The Morgan fingerprint density at radius 1 is 1.28 bits per heavy atom. The van der Waals surface area contributed by atoms with Gasteiger partial charge in [-0.15, -0.1) is 0 Å². The quantitative estimate of drug-likeness (QED) is 0.647. The Morgan fingerprint density at radius 2 is 2.11 bits per heavy atom. The minimum absolute atomic E-state index is 0.327. The second-order valence-electron chi connectivity index (χ2n) is 3.97. The molecule has 0 bridgehead atoms. The molecule has 0 spiro atoms. The van der Waals surface area contributed by atoms with E-state index in [9.17, 15) is 4.79 Å². The van der Waals surface area contributed by atoms with Crippen molar-refractivity contribution in [3.63, 3.8) is 0 Å². The van der Waals surface area contributed by atoms with Crippen LogP contribution in [0.1, 0.15) is 17.3 Å². The summed E-state index contributed by atoms with van der Waals surface area (Å²) in [5.41, 5.74) is 2.27. The van der Waals surface area contributed by atoms with Gasteiger partial charge in [-0.05, 0) is 19.1 Å². The second-order valence-corrected chi connectivity index (χ2v) is 3.97. The Labute approximate surface area is 104 Å². The number of hydrogen-bond donors (Lipinski definition) is 0. The van der Waals surface area contributed by atoms with E-state index in [4.69, 9.17) is 4.74 Å². The number of fused-ring (bicyclic) bond motifs is 3. The van der Waals surface area contributed by atoms with E-state index >= 15 is 0 Å². The first-order valence-corrected chi connectivity index (χ1v) is 5.84. The highest BCUT2D eigenvalue weighted by atomic mass is 16.5. The Bertz CT molecular complexity index is 731. The zero-order chi connectivity index (χ0) is 12.5. The highest BCUT2D eigenvalue weighted by Crippen LogP contribution is 2.22. The van der Waals surface area contributed by atoms with Crippen molar-refractivity contribution < 1.29 is 9.53 Å². The van der Waals surface area contributed by atoms with Crippen molar-refractivity contribution >= 4 is 22.4 Å². The monoisotopic (exact) mass is 240 g/mol. The molecule has 0 saturated carbocycles. The third-order valence-electron chi connectivity index (χ3n) is 2.87. The molecule has 2 aromatic heterocycles. The SMILES string of the molecule is CCOC(=O)c1cnn2c1cc1cccccc12. The molecule has 1 aromatic carbocycles. The lowest BCUT2D eigenvalue weighted by atomic mass is 10.2. The lowest BCUT2D eigenvalue weighted by molar-refractivity contribution is 0.0528. The predicted molar refractivity (Wildman–Crippen MR) is 68.7 cm³/mol. The van der Waals surface area contributed by atoms with Crippen molar-refractivity contribution in [3.05, 3.63) is 48.2 Å². The summed E-state index contributed by atoms with van der Waals surface area (Å²) in [5, 5.41) is 5.30. The molecule has 0 radical (unpaired) electrons. The number of rotatable bonds is 2. The maximum Gasteiger partial charge on any atom is 0.341 e. The first kappa shape index (κ1) is 10.8. The fourth-order valence-corrected chi connectivity index (χ4v) is 2.07. The maximum atomic E-state index is 11.8. The average molecular weight is 240 g/mol. The molecule has 0 aliphatic heterocycles. The van der Waals surface area contributed by atoms with Crippen LogP contribution in [0.15, 0.2) is 42.6 Å². The van der Waals surface area contributed by atoms with Gasteiger partial charge in [-0.3, -0.25) is 0 Å². The highest BCUT2D eigenvalue weighted by Gasteiger charge is 2.15. The minimum Gasteiger partial charge on any atom is -0.462 e. The molecule has 0 N–H and O–H groups in total. The summed E-state index contributed by atoms with van der Waals surface area (Å²) in [6.07, 6.45) is 1.56. The summed E-state index contributed by atoms with van der Waals surface area (Å²) in [5.74, 6) is -0.327. The van der Waals surface area contributed by atoms with Gasteiger partial charge in [0.15, 0.2) is 0 Å². The predicted octanol–water partition coefficient (Wildman–Crippen LogP) is 2.66. The molecular weight excluding hydrogens is 228 g/mol. The summed E-state index contributed by atoms with van der Waals surface area (Å²) < 4.78 is 6.78.